The summed E-state index contributed by atoms with van der Waals surface area (Å²) in [5.41, 5.74) is 11.3. The molecule has 470 valence electrons. The number of hydrogen-bond donors (Lipinski definition) is 4. The number of ether oxygens (including phenoxy) is 5. The first kappa shape index (κ1) is 72.3. The molecule has 25 heteroatoms. The molecular weight excluding hydrogens is 1490 g/mol. The molecule has 0 radical (unpaired) electrons. The summed E-state index contributed by atoms with van der Waals surface area (Å²) in [5, 5.41) is 22.8. The van der Waals surface area contributed by atoms with Crippen molar-refractivity contribution in [1.82, 2.24) is 0 Å². The SMILES string of the molecule is CC(C)(C)OC(=O)c1c(-c2ccc(Br)cc2)csc1N.CC(C)(C)OC(=O)c1c(-c2ccc(Br)cc2)csc1NC(=O)OCc1ccccc1Cl.O=C(Cl)OCc1ccccc1Cl.O=C(Nc1scc(-c2ccc(Br)cc2)c1C(=O)O)OCc1ccccc1Cl. The van der Waals surface area contributed by atoms with E-state index >= 15 is 0 Å². The molecule has 0 bridgehead atoms. The van der Waals surface area contributed by atoms with Gasteiger partial charge in [0.1, 0.15) is 62.7 Å². The molecule has 0 aliphatic rings. The molecule has 6 aromatic carbocycles. The van der Waals surface area contributed by atoms with E-state index in [0.717, 1.165) is 52.6 Å². The molecular formula is C65H56Br3Cl4N3O12S3. The standard InChI is InChI=1S/C23H21BrClNO4S.C19H13BrClNO4S.C15H16BrNO2S.C8H6Cl2O2/c1-23(2,3)30-21(27)19-17(14-8-10-16(24)11-9-14)13-31-20(19)26-22(28)29-12-15-6-4-5-7-18(15)25;20-13-7-5-11(6-8-13)14-10-27-17(16(14)18(23)24)22-19(25)26-9-12-3-1-2-4-15(12)21;1-15(2,3)19-14(18)12-11(8-20-13(12)17)9-4-6-10(16)7-5-9;9-7-4-2-1-3-6(7)5-12-8(10)11/h4-11,13H,12H2,1-3H3,(H,26,28);1-8,10H,9H2,(H,22,25)(H,23,24);4-8H,17H2,1-3H3;1-4H,5H2. The second-order valence-electron chi connectivity index (χ2n) is 20.6. The highest BCUT2D eigenvalue weighted by Crippen LogP contribution is 2.40. The second kappa shape index (κ2) is 34.1. The number of nitrogen functional groups attached to an aromatic ring is 1. The lowest BCUT2D eigenvalue weighted by molar-refractivity contribution is 0.00594. The summed E-state index contributed by atoms with van der Waals surface area (Å²) >= 11 is 36.7. The molecule has 0 atom stereocenters. The molecule has 90 heavy (non-hydrogen) atoms. The molecule has 5 N–H and O–H groups in total. The maximum atomic E-state index is 13.0. The van der Waals surface area contributed by atoms with Crippen molar-refractivity contribution in [2.75, 3.05) is 16.4 Å². The number of thiophene rings is 3. The zero-order valence-corrected chi connectivity index (χ0v) is 58.8. The Morgan fingerprint density at radius 1 is 0.467 bits per heavy atom. The number of aromatic carboxylic acids is 1. The van der Waals surface area contributed by atoms with Gasteiger partial charge in [0.15, 0.2) is 0 Å². The number of carbonyl (C=O) groups is 6. The van der Waals surface area contributed by atoms with Crippen molar-refractivity contribution in [3.8, 4) is 33.4 Å². The number of carbonyl (C=O) groups excluding carboxylic acids is 5. The average molecular weight is 1550 g/mol. The molecule has 9 aromatic rings. The van der Waals surface area contributed by atoms with E-state index in [-0.39, 0.29) is 41.9 Å². The van der Waals surface area contributed by atoms with E-state index in [1.807, 2.05) is 104 Å². The van der Waals surface area contributed by atoms with Gasteiger partial charge in [-0.15, -0.1) is 34.0 Å². The Kier molecular flexibility index (Phi) is 27.4. The minimum atomic E-state index is -1.13. The van der Waals surface area contributed by atoms with E-state index in [9.17, 15) is 33.9 Å². The van der Waals surface area contributed by atoms with Gasteiger partial charge in [-0.25, -0.2) is 28.8 Å². The number of amides is 2. The fourth-order valence-electron chi connectivity index (χ4n) is 7.61. The van der Waals surface area contributed by atoms with Crippen molar-refractivity contribution >= 4 is 179 Å². The number of anilines is 3. The Balaban J connectivity index is 0.000000200. The predicted molar refractivity (Wildman–Crippen MR) is 372 cm³/mol. The lowest BCUT2D eigenvalue weighted by Gasteiger charge is -2.20. The van der Waals surface area contributed by atoms with Crippen LogP contribution in [0.5, 0.6) is 0 Å². The second-order valence-corrected chi connectivity index (χ2v) is 27.6. The summed E-state index contributed by atoms with van der Waals surface area (Å²) < 4.78 is 28.8. The summed E-state index contributed by atoms with van der Waals surface area (Å²) in [7, 11) is 0. The topological polar surface area (TPSA) is 219 Å². The van der Waals surface area contributed by atoms with Gasteiger partial charge in [0.2, 0.25) is 0 Å². The summed E-state index contributed by atoms with van der Waals surface area (Å²) in [6.07, 6.45) is -1.43. The highest BCUT2D eigenvalue weighted by molar-refractivity contribution is 9.11. The maximum Gasteiger partial charge on any atom is 0.412 e. The highest BCUT2D eigenvalue weighted by atomic mass is 79.9. The zero-order valence-electron chi connectivity index (χ0n) is 48.6. The Labute approximate surface area is 577 Å². The Morgan fingerprint density at radius 2 is 0.778 bits per heavy atom. The van der Waals surface area contributed by atoms with Gasteiger partial charge in [-0.1, -0.05) is 174 Å². The van der Waals surface area contributed by atoms with Crippen LogP contribution in [0.1, 0.15) is 89.3 Å². The van der Waals surface area contributed by atoms with E-state index in [1.165, 1.54) is 22.7 Å². The number of carboxylic acids is 1. The van der Waals surface area contributed by atoms with Crippen molar-refractivity contribution in [3.63, 3.8) is 0 Å². The van der Waals surface area contributed by atoms with Crippen LogP contribution in [0.3, 0.4) is 0 Å². The summed E-state index contributed by atoms with van der Waals surface area (Å²) in [6.45, 7) is 11.0. The van der Waals surface area contributed by atoms with Gasteiger partial charge >= 0.3 is 35.5 Å². The molecule has 0 aliphatic heterocycles. The number of hydrogen-bond acceptors (Lipinski definition) is 15. The third kappa shape index (κ3) is 22.6. The van der Waals surface area contributed by atoms with Crippen molar-refractivity contribution in [3.05, 3.63) is 224 Å². The quantitative estimate of drug-likeness (QED) is 0.0453. The number of halogens is 7. The van der Waals surface area contributed by atoms with Crippen LogP contribution in [0, 0.1) is 0 Å². The number of esters is 2. The zero-order chi connectivity index (χ0) is 65.9. The number of nitrogens with one attached hydrogen (secondary N) is 2. The van der Waals surface area contributed by atoms with Gasteiger partial charge in [-0.05, 0) is 113 Å². The van der Waals surface area contributed by atoms with Crippen molar-refractivity contribution < 1.29 is 57.6 Å². The van der Waals surface area contributed by atoms with Crippen molar-refractivity contribution in [1.29, 1.82) is 0 Å². The van der Waals surface area contributed by atoms with E-state index in [4.69, 9.17) is 71.1 Å². The van der Waals surface area contributed by atoms with Crippen molar-refractivity contribution in [2.45, 2.75) is 72.6 Å². The van der Waals surface area contributed by atoms with Gasteiger partial charge in [-0.3, -0.25) is 10.6 Å². The molecule has 3 heterocycles. The van der Waals surface area contributed by atoms with Crippen LogP contribution in [-0.4, -0.2) is 51.8 Å². The van der Waals surface area contributed by atoms with Gasteiger partial charge in [0.05, 0.1) is 0 Å². The first-order chi connectivity index (χ1) is 42.6. The van der Waals surface area contributed by atoms with Gasteiger partial charge in [0.25, 0.3) is 0 Å². The van der Waals surface area contributed by atoms with Crippen molar-refractivity contribution in [2.24, 2.45) is 0 Å². The van der Waals surface area contributed by atoms with Crippen LogP contribution in [-0.2, 0) is 43.5 Å². The first-order valence-electron chi connectivity index (χ1n) is 26.5. The molecule has 0 aliphatic carbocycles. The van der Waals surface area contributed by atoms with Crippen LogP contribution in [0.2, 0.25) is 15.1 Å². The normalized spacial score (nSPS) is 10.8. The average Bonchev–Trinajstić information content (AvgIpc) is 1.74. The smallest absolute Gasteiger partial charge is 0.412 e. The minimum absolute atomic E-state index is 0.0121. The molecule has 0 saturated heterocycles. The van der Waals surface area contributed by atoms with Gasteiger partial charge in [-0.2, -0.15) is 0 Å². The number of nitrogens with two attached hydrogens (primary N) is 1. The number of rotatable bonds is 14. The monoisotopic (exact) mass is 1540 g/mol. The molecule has 0 unspecified atom stereocenters. The molecule has 15 nitrogen and oxygen atoms in total. The fourth-order valence-corrected chi connectivity index (χ4v) is 11.7. The molecule has 0 fully saturated rings. The molecule has 0 saturated carbocycles. The van der Waals surface area contributed by atoms with Crippen LogP contribution < -0.4 is 16.4 Å². The molecule has 0 spiro atoms. The number of benzene rings is 6. The minimum Gasteiger partial charge on any atom is -0.478 e. The summed E-state index contributed by atoms with van der Waals surface area (Å²) in [4.78, 5) is 71.8. The fraction of sp³-hybridized carbons (Fsp3) is 0.169. The molecule has 3 aromatic heterocycles. The van der Waals surface area contributed by atoms with E-state index in [0.29, 0.717) is 52.9 Å². The van der Waals surface area contributed by atoms with E-state index < -0.39 is 40.8 Å². The molecule has 9 rings (SSSR count). The third-order valence-electron chi connectivity index (χ3n) is 11.7. The number of carboxylic acid groups (broad SMARTS) is 1. The molecule has 2 amide bonds. The Morgan fingerprint density at radius 3 is 1.12 bits per heavy atom. The van der Waals surface area contributed by atoms with Gasteiger partial charge in [0, 0.05) is 89.6 Å². The van der Waals surface area contributed by atoms with E-state index in [2.05, 4.69) is 63.2 Å². The van der Waals surface area contributed by atoms with Crippen LogP contribution in [0.15, 0.2) is 175 Å². The van der Waals surface area contributed by atoms with Crippen LogP contribution in [0.4, 0.5) is 29.4 Å². The predicted octanol–water partition coefficient (Wildman–Crippen LogP) is 21.7. The largest absolute Gasteiger partial charge is 0.478 e. The van der Waals surface area contributed by atoms with E-state index in [1.54, 1.807) is 98.9 Å². The third-order valence-corrected chi connectivity index (χ3v) is 17.1. The Hall–Kier alpha value is -6.76. The Bertz CT molecular complexity index is 3960. The first-order valence-corrected chi connectivity index (χ1v) is 33.1. The van der Waals surface area contributed by atoms with Crippen LogP contribution >= 0.6 is 128 Å². The maximum absolute atomic E-state index is 13.0. The summed E-state index contributed by atoms with van der Waals surface area (Å²) in [6, 6.07) is 43.8. The lowest BCUT2D eigenvalue weighted by Crippen LogP contribution is -2.25. The lowest BCUT2D eigenvalue weighted by atomic mass is 10.0. The summed E-state index contributed by atoms with van der Waals surface area (Å²) in [5.74, 6) is -2.03. The van der Waals surface area contributed by atoms with Crippen LogP contribution in [0.25, 0.3) is 33.4 Å². The highest BCUT2D eigenvalue weighted by Gasteiger charge is 2.28. The van der Waals surface area contributed by atoms with Gasteiger partial charge < -0.3 is 34.5 Å².